The molecular weight excluding hydrogens is 220 g/mol. The number of halogens is 1. The van der Waals surface area contributed by atoms with Gasteiger partial charge in [-0.2, -0.15) is 0 Å². The summed E-state index contributed by atoms with van der Waals surface area (Å²) in [6.45, 7) is 0.179. The summed E-state index contributed by atoms with van der Waals surface area (Å²) in [5.74, 6) is 2.70. The van der Waals surface area contributed by atoms with E-state index in [1.54, 1.807) is 12.3 Å². The standard InChI is InChI=1S/C8H7BrN2O/c1-2-3-12-8-7(10)4-6(9)5-11-8/h1,4-5H,3,10H2. The van der Waals surface area contributed by atoms with Crippen LogP contribution in [0.4, 0.5) is 5.69 Å². The number of hydrogen-bond donors (Lipinski definition) is 1. The number of ether oxygens (including phenoxy) is 1. The van der Waals surface area contributed by atoms with Gasteiger partial charge in [-0.15, -0.1) is 6.42 Å². The number of pyridine rings is 1. The van der Waals surface area contributed by atoms with Crippen LogP contribution in [0, 0.1) is 12.3 Å². The van der Waals surface area contributed by atoms with E-state index in [4.69, 9.17) is 16.9 Å². The Bertz CT molecular complexity index is 319. The van der Waals surface area contributed by atoms with Crippen LogP contribution < -0.4 is 10.5 Å². The maximum Gasteiger partial charge on any atom is 0.238 e. The monoisotopic (exact) mass is 226 g/mol. The number of nitrogen functional groups attached to an aromatic ring is 1. The van der Waals surface area contributed by atoms with Crippen LogP contribution in [0.3, 0.4) is 0 Å². The fourth-order valence-electron chi connectivity index (χ4n) is 0.673. The van der Waals surface area contributed by atoms with Crippen LogP contribution in [0.1, 0.15) is 0 Å². The highest BCUT2D eigenvalue weighted by Gasteiger charge is 2.00. The average Bonchev–Trinajstić information content (AvgIpc) is 2.03. The maximum absolute atomic E-state index is 5.58. The minimum atomic E-state index is 0.179. The van der Waals surface area contributed by atoms with Crippen molar-refractivity contribution in [2.24, 2.45) is 0 Å². The van der Waals surface area contributed by atoms with Gasteiger partial charge in [0.15, 0.2) is 6.61 Å². The second kappa shape index (κ2) is 3.98. The smallest absolute Gasteiger partial charge is 0.238 e. The molecule has 1 aromatic rings. The van der Waals surface area contributed by atoms with E-state index in [2.05, 4.69) is 26.8 Å². The molecule has 4 heteroatoms. The Morgan fingerprint density at radius 3 is 3.08 bits per heavy atom. The van der Waals surface area contributed by atoms with Gasteiger partial charge in [-0.1, -0.05) is 5.92 Å². The fourth-order valence-corrected chi connectivity index (χ4v) is 1.02. The van der Waals surface area contributed by atoms with Crippen molar-refractivity contribution in [1.82, 2.24) is 4.98 Å². The van der Waals surface area contributed by atoms with Crippen molar-refractivity contribution in [1.29, 1.82) is 0 Å². The molecule has 12 heavy (non-hydrogen) atoms. The Morgan fingerprint density at radius 2 is 2.50 bits per heavy atom. The van der Waals surface area contributed by atoms with Crippen molar-refractivity contribution in [3.8, 4) is 18.2 Å². The first-order chi connectivity index (χ1) is 5.74. The molecule has 0 aliphatic heterocycles. The number of nitrogens with zero attached hydrogens (tertiary/aromatic N) is 1. The zero-order valence-electron chi connectivity index (χ0n) is 6.25. The second-order valence-electron chi connectivity index (χ2n) is 2.04. The lowest BCUT2D eigenvalue weighted by molar-refractivity contribution is 0.357. The minimum Gasteiger partial charge on any atom is -0.463 e. The number of terminal acetylenes is 1. The largest absolute Gasteiger partial charge is 0.463 e. The van der Waals surface area contributed by atoms with Crippen molar-refractivity contribution in [2.75, 3.05) is 12.3 Å². The van der Waals surface area contributed by atoms with Crippen molar-refractivity contribution in [3.63, 3.8) is 0 Å². The summed E-state index contributed by atoms with van der Waals surface area (Å²) in [6.07, 6.45) is 6.60. The molecule has 2 N–H and O–H groups in total. The van der Waals surface area contributed by atoms with Gasteiger partial charge in [-0.05, 0) is 22.0 Å². The van der Waals surface area contributed by atoms with Gasteiger partial charge < -0.3 is 10.5 Å². The van der Waals surface area contributed by atoms with E-state index in [1.807, 2.05) is 0 Å². The lowest BCUT2D eigenvalue weighted by atomic mass is 10.4. The van der Waals surface area contributed by atoms with Gasteiger partial charge in [0.2, 0.25) is 5.88 Å². The summed E-state index contributed by atoms with van der Waals surface area (Å²) in [5, 5.41) is 0. The third-order valence-electron chi connectivity index (χ3n) is 1.14. The van der Waals surface area contributed by atoms with Crippen LogP contribution in [0.15, 0.2) is 16.7 Å². The molecule has 0 radical (unpaired) electrons. The van der Waals surface area contributed by atoms with E-state index in [9.17, 15) is 0 Å². The highest BCUT2D eigenvalue weighted by Crippen LogP contribution is 2.21. The van der Waals surface area contributed by atoms with Gasteiger partial charge in [0.1, 0.15) is 0 Å². The zero-order chi connectivity index (χ0) is 8.97. The van der Waals surface area contributed by atoms with Crippen molar-refractivity contribution in [2.45, 2.75) is 0 Å². The van der Waals surface area contributed by atoms with Crippen LogP contribution in [0.25, 0.3) is 0 Å². The van der Waals surface area contributed by atoms with Crippen molar-refractivity contribution < 1.29 is 4.74 Å². The molecule has 1 rings (SSSR count). The van der Waals surface area contributed by atoms with Crippen LogP contribution in [-0.4, -0.2) is 11.6 Å². The fraction of sp³-hybridized carbons (Fsp3) is 0.125. The number of anilines is 1. The van der Waals surface area contributed by atoms with Crippen LogP contribution >= 0.6 is 15.9 Å². The normalized spacial score (nSPS) is 9.00. The Hall–Kier alpha value is -1.21. The number of nitrogens with two attached hydrogens (primary N) is 1. The van der Waals surface area contributed by atoms with Gasteiger partial charge in [-0.25, -0.2) is 4.98 Å². The van der Waals surface area contributed by atoms with Crippen molar-refractivity contribution >= 4 is 21.6 Å². The quantitative estimate of drug-likeness (QED) is 0.777. The lowest BCUT2D eigenvalue weighted by Crippen LogP contribution is -1.99. The minimum absolute atomic E-state index is 0.179. The summed E-state index contributed by atoms with van der Waals surface area (Å²) < 4.78 is 5.86. The number of hydrogen-bond acceptors (Lipinski definition) is 3. The summed E-state index contributed by atoms with van der Waals surface area (Å²) in [6, 6.07) is 1.71. The molecule has 0 bridgehead atoms. The maximum atomic E-state index is 5.58. The molecule has 0 atom stereocenters. The first-order valence-corrected chi connectivity index (χ1v) is 4.00. The molecule has 1 aromatic heterocycles. The average molecular weight is 227 g/mol. The molecule has 0 spiro atoms. The summed E-state index contributed by atoms with van der Waals surface area (Å²) >= 11 is 3.23. The Balaban J connectivity index is 2.81. The van der Waals surface area contributed by atoms with Gasteiger partial charge >= 0.3 is 0 Å². The third-order valence-corrected chi connectivity index (χ3v) is 1.57. The highest BCUT2D eigenvalue weighted by molar-refractivity contribution is 9.10. The molecule has 0 aliphatic carbocycles. The van der Waals surface area contributed by atoms with Gasteiger partial charge in [-0.3, -0.25) is 0 Å². The first-order valence-electron chi connectivity index (χ1n) is 3.21. The zero-order valence-corrected chi connectivity index (χ0v) is 7.84. The molecule has 0 unspecified atom stereocenters. The van der Waals surface area contributed by atoms with E-state index in [1.165, 1.54) is 0 Å². The molecule has 0 fully saturated rings. The molecule has 1 heterocycles. The molecule has 3 nitrogen and oxygen atoms in total. The predicted molar refractivity (Wildman–Crippen MR) is 50.7 cm³/mol. The molecule has 0 saturated heterocycles. The molecular formula is C8H7BrN2O. The van der Waals surface area contributed by atoms with Crippen LogP contribution in [-0.2, 0) is 0 Å². The molecule has 0 amide bonds. The molecule has 0 aromatic carbocycles. The summed E-state index contributed by atoms with van der Waals surface area (Å²) in [7, 11) is 0. The van der Waals surface area contributed by atoms with Gasteiger partial charge in [0, 0.05) is 10.7 Å². The Kier molecular flexibility index (Phi) is 2.94. The van der Waals surface area contributed by atoms with Crippen LogP contribution in [0.2, 0.25) is 0 Å². The highest BCUT2D eigenvalue weighted by atomic mass is 79.9. The predicted octanol–water partition coefficient (Wildman–Crippen LogP) is 1.44. The Morgan fingerprint density at radius 1 is 1.75 bits per heavy atom. The summed E-state index contributed by atoms with van der Waals surface area (Å²) in [4.78, 5) is 3.93. The third kappa shape index (κ3) is 2.14. The first kappa shape index (κ1) is 8.88. The summed E-state index contributed by atoms with van der Waals surface area (Å²) in [5.41, 5.74) is 6.05. The Labute approximate surface area is 79.1 Å². The molecule has 0 saturated carbocycles. The van der Waals surface area contributed by atoms with Gasteiger partial charge in [0.05, 0.1) is 5.69 Å². The number of rotatable bonds is 2. The van der Waals surface area contributed by atoms with E-state index < -0.39 is 0 Å². The second-order valence-corrected chi connectivity index (χ2v) is 2.96. The van der Waals surface area contributed by atoms with E-state index in [0.29, 0.717) is 11.6 Å². The van der Waals surface area contributed by atoms with E-state index >= 15 is 0 Å². The topological polar surface area (TPSA) is 48.1 Å². The van der Waals surface area contributed by atoms with Crippen LogP contribution in [0.5, 0.6) is 5.88 Å². The number of aromatic nitrogens is 1. The SMILES string of the molecule is C#CCOc1ncc(Br)cc1N. The molecule has 62 valence electrons. The van der Waals surface area contributed by atoms with Gasteiger partial charge in [0.25, 0.3) is 0 Å². The lowest BCUT2D eigenvalue weighted by Gasteiger charge is -2.03. The van der Waals surface area contributed by atoms with Crippen molar-refractivity contribution in [3.05, 3.63) is 16.7 Å². The van der Waals surface area contributed by atoms with E-state index in [0.717, 1.165) is 4.47 Å². The van der Waals surface area contributed by atoms with E-state index in [-0.39, 0.29) is 6.61 Å². The molecule has 0 aliphatic rings.